The first-order chi connectivity index (χ1) is 8.33. The molecule has 1 aromatic carbocycles. The molecule has 3 rings (SSSR count). The van der Waals surface area contributed by atoms with Crippen LogP contribution in [-0.2, 0) is 6.42 Å². The van der Waals surface area contributed by atoms with Gasteiger partial charge >= 0.3 is 0 Å². The first-order valence-electron chi connectivity index (χ1n) is 5.50. The highest BCUT2D eigenvalue weighted by atomic mass is 16.1. The summed E-state index contributed by atoms with van der Waals surface area (Å²) < 4.78 is 0. The van der Waals surface area contributed by atoms with Crippen LogP contribution in [0.15, 0.2) is 30.6 Å². The smallest absolute Gasteiger partial charge is 0.255 e. The number of aromatic amines is 1. The van der Waals surface area contributed by atoms with E-state index in [0.717, 1.165) is 18.7 Å². The number of carbonyl (C=O) groups is 1. The van der Waals surface area contributed by atoms with Crippen LogP contribution in [0.5, 0.6) is 0 Å². The van der Waals surface area contributed by atoms with Crippen molar-refractivity contribution in [2.45, 2.75) is 6.42 Å². The van der Waals surface area contributed by atoms with Crippen molar-refractivity contribution in [3.63, 3.8) is 0 Å². The number of rotatable bonds is 2. The van der Waals surface area contributed by atoms with Gasteiger partial charge in [0.25, 0.3) is 5.91 Å². The first-order valence-corrected chi connectivity index (χ1v) is 5.50. The molecular formula is C12H12N4O. The van der Waals surface area contributed by atoms with E-state index in [9.17, 15) is 4.79 Å². The van der Waals surface area contributed by atoms with Crippen LogP contribution in [0.1, 0.15) is 15.9 Å². The van der Waals surface area contributed by atoms with Crippen molar-refractivity contribution in [2.24, 2.45) is 0 Å². The number of aromatic nitrogens is 2. The number of carbonyl (C=O) groups excluding carboxylic acids is 1. The second-order valence-corrected chi connectivity index (χ2v) is 3.99. The van der Waals surface area contributed by atoms with Crippen LogP contribution < -0.4 is 10.6 Å². The molecule has 1 amide bonds. The fraction of sp³-hybridized carbons (Fsp3) is 0.167. The predicted octanol–water partition coefficient (Wildman–Crippen LogP) is 1.63. The maximum absolute atomic E-state index is 11.9. The molecule has 5 nitrogen and oxygen atoms in total. The van der Waals surface area contributed by atoms with Crippen molar-refractivity contribution in [3.8, 4) is 0 Å². The number of benzene rings is 1. The lowest BCUT2D eigenvalue weighted by Gasteiger charge is -2.04. The Kier molecular flexibility index (Phi) is 2.29. The largest absolute Gasteiger partial charge is 0.384 e. The van der Waals surface area contributed by atoms with Crippen LogP contribution in [0.3, 0.4) is 0 Å². The van der Waals surface area contributed by atoms with Crippen molar-refractivity contribution in [3.05, 3.63) is 41.7 Å². The van der Waals surface area contributed by atoms with E-state index in [1.54, 1.807) is 12.4 Å². The molecule has 86 valence electrons. The highest BCUT2D eigenvalue weighted by molar-refractivity contribution is 6.04. The molecule has 0 aliphatic carbocycles. The molecular weight excluding hydrogens is 216 g/mol. The van der Waals surface area contributed by atoms with Gasteiger partial charge in [0.05, 0.1) is 11.9 Å². The van der Waals surface area contributed by atoms with E-state index in [0.29, 0.717) is 11.3 Å². The lowest BCUT2D eigenvalue weighted by molar-refractivity contribution is 0.102. The van der Waals surface area contributed by atoms with Gasteiger partial charge in [-0.2, -0.15) is 5.10 Å². The van der Waals surface area contributed by atoms with E-state index >= 15 is 0 Å². The highest BCUT2D eigenvalue weighted by Crippen LogP contribution is 2.23. The third-order valence-corrected chi connectivity index (χ3v) is 2.83. The zero-order valence-electron chi connectivity index (χ0n) is 9.16. The fourth-order valence-electron chi connectivity index (χ4n) is 1.97. The summed E-state index contributed by atoms with van der Waals surface area (Å²) in [6.07, 6.45) is 4.20. The van der Waals surface area contributed by atoms with E-state index in [2.05, 4.69) is 20.8 Å². The van der Waals surface area contributed by atoms with Gasteiger partial charge in [0.15, 0.2) is 0 Å². The molecule has 1 aliphatic rings. The Morgan fingerprint density at radius 2 is 2.35 bits per heavy atom. The molecule has 5 heteroatoms. The van der Waals surface area contributed by atoms with Gasteiger partial charge in [-0.1, -0.05) is 0 Å². The van der Waals surface area contributed by atoms with Crippen LogP contribution in [0.25, 0.3) is 0 Å². The summed E-state index contributed by atoms with van der Waals surface area (Å²) in [5.41, 5.74) is 3.68. The van der Waals surface area contributed by atoms with Gasteiger partial charge in [0.2, 0.25) is 0 Å². The Labute approximate surface area is 98.2 Å². The Morgan fingerprint density at radius 1 is 1.41 bits per heavy atom. The number of nitrogens with one attached hydrogen (secondary N) is 3. The molecule has 0 bridgehead atoms. The van der Waals surface area contributed by atoms with Gasteiger partial charge in [0.1, 0.15) is 0 Å². The molecule has 0 radical (unpaired) electrons. The van der Waals surface area contributed by atoms with Crippen molar-refractivity contribution < 1.29 is 4.79 Å². The number of anilines is 2. The second-order valence-electron chi connectivity index (χ2n) is 3.99. The third kappa shape index (κ3) is 1.87. The first kappa shape index (κ1) is 9.89. The summed E-state index contributed by atoms with van der Waals surface area (Å²) in [4.78, 5) is 11.9. The molecule has 1 aromatic heterocycles. The number of hydrogen-bond acceptors (Lipinski definition) is 3. The lowest BCUT2D eigenvalue weighted by Crippen LogP contribution is -2.11. The molecule has 0 spiro atoms. The van der Waals surface area contributed by atoms with E-state index in [1.165, 1.54) is 5.56 Å². The molecule has 3 N–H and O–H groups in total. The Bertz CT molecular complexity index is 548. The standard InChI is InChI=1S/C12H12N4O/c17-12(16-10-6-14-15-7-10)9-1-2-11-8(5-9)3-4-13-11/h1-2,5-7,13H,3-4H2,(H,14,15)(H,16,17). The average Bonchev–Trinajstić information content (AvgIpc) is 2.97. The zero-order chi connectivity index (χ0) is 11.7. The van der Waals surface area contributed by atoms with Gasteiger partial charge < -0.3 is 10.6 Å². The fourth-order valence-corrected chi connectivity index (χ4v) is 1.97. The normalized spacial score (nSPS) is 12.9. The van der Waals surface area contributed by atoms with Gasteiger partial charge in [-0.15, -0.1) is 0 Å². The summed E-state index contributed by atoms with van der Waals surface area (Å²) in [6.45, 7) is 0.947. The van der Waals surface area contributed by atoms with Crippen molar-refractivity contribution in [1.29, 1.82) is 0 Å². The molecule has 0 saturated heterocycles. The third-order valence-electron chi connectivity index (χ3n) is 2.83. The molecule has 17 heavy (non-hydrogen) atoms. The van der Waals surface area contributed by atoms with Crippen molar-refractivity contribution >= 4 is 17.3 Å². The Morgan fingerprint density at radius 3 is 3.18 bits per heavy atom. The molecule has 2 aromatic rings. The molecule has 0 saturated carbocycles. The lowest BCUT2D eigenvalue weighted by atomic mass is 10.1. The van der Waals surface area contributed by atoms with E-state index in [1.807, 2.05) is 18.2 Å². The summed E-state index contributed by atoms with van der Waals surface area (Å²) >= 11 is 0. The second kappa shape index (κ2) is 3.93. The predicted molar refractivity (Wildman–Crippen MR) is 65.2 cm³/mol. The van der Waals surface area contributed by atoms with Crippen LogP contribution in [-0.4, -0.2) is 22.6 Å². The summed E-state index contributed by atoms with van der Waals surface area (Å²) in [6, 6.07) is 5.71. The number of nitrogens with zero attached hydrogens (tertiary/aromatic N) is 1. The number of H-pyrrole nitrogens is 1. The topological polar surface area (TPSA) is 69.8 Å². The highest BCUT2D eigenvalue weighted by Gasteiger charge is 2.13. The molecule has 0 unspecified atom stereocenters. The number of amides is 1. The molecule has 0 fully saturated rings. The average molecular weight is 228 g/mol. The van der Waals surface area contributed by atoms with E-state index in [-0.39, 0.29) is 5.91 Å². The minimum Gasteiger partial charge on any atom is -0.384 e. The summed E-state index contributed by atoms with van der Waals surface area (Å²) in [5, 5.41) is 12.5. The Hall–Kier alpha value is -2.30. The minimum atomic E-state index is -0.110. The number of hydrogen-bond donors (Lipinski definition) is 3. The molecule has 1 aliphatic heterocycles. The Balaban J connectivity index is 1.82. The van der Waals surface area contributed by atoms with E-state index in [4.69, 9.17) is 0 Å². The molecule has 0 atom stereocenters. The SMILES string of the molecule is O=C(Nc1cn[nH]c1)c1ccc2c(c1)CCN2. The van der Waals surface area contributed by atoms with E-state index < -0.39 is 0 Å². The molecule has 2 heterocycles. The maximum Gasteiger partial charge on any atom is 0.255 e. The van der Waals surface area contributed by atoms with Crippen LogP contribution in [0, 0.1) is 0 Å². The van der Waals surface area contributed by atoms with Gasteiger partial charge in [-0.05, 0) is 30.2 Å². The van der Waals surface area contributed by atoms with Gasteiger partial charge in [0, 0.05) is 24.0 Å². The summed E-state index contributed by atoms with van der Waals surface area (Å²) in [7, 11) is 0. The van der Waals surface area contributed by atoms with Crippen LogP contribution in [0.2, 0.25) is 0 Å². The number of fused-ring (bicyclic) bond motifs is 1. The van der Waals surface area contributed by atoms with Crippen LogP contribution in [0.4, 0.5) is 11.4 Å². The van der Waals surface area contributed by atoms with Crippen molar-refractivity contribution in [2.75, 3.05) is 17.2 Å². The monoisotopic (exact) mass is 228 g/mol. The van der Waals surface area contributed by atoms with Gasteiger partial charge in [-0.25, -0.2) is 0 Å². The van der Waals surface area contributed by atoms with Crippen molar-refractivity contribution in [1.82, 2.24) is 10.2 Å². The minimum absolute atomic E-state index is 0.110. The van der Waals surface area contributed by atoms with Crippen LogP contribution >= 0.6 is 0 Å². The summed E-state index contributed by atoms with van der Waals surface area (Å²) in [5.74, 6) is -0.110. The quantitative estimate of drug-likeness (QED) is 0.731. The van der Waals surface area contributed by atoms with Gasteiger partial charge in [-0.3, -0.25) is 9.89 Å². The zero-order valence-corrected chi connectivity index (χ0v) is 9.16. The maximum atomic E-state index is 11.9.